The SMILES string of the molecule is CN1CC[C@@]23c4c5ccc(O)c4O[C@@H]2[C@@]2(CC[C@]3(O)[C@@H]1C5)O[C@H]1N3[C@H](OC1(C)C)C(C)(C)O[C@@H]32. The Hall–Kier alpha value is -1.42. The Balaban J connectivity index is 1.36. The highest BCUT2D eigenvalue weighted by molar-refractivity contribution is 5.63. The van der Waals surface area contributed by atoms with E-state index in [0.29, 0.717) is 18.6 Å². The number of benzene rings is 1. The molecule has 1 aromatic rings. The Morgan fingerprint density at radius 2 is 1.65 bits per heavy atom. The number of aromatic hydroxyl groups is 1. The number of aliphatic hydroxyl groups is 1. The van der Waals surface area contributed by atoms with Crippen molar-refractivity contribution >= 4 is 0 Å². The molecular formula is C26H34N2O6. The fourth-order valence-corrected chi connectivity index (χ4v) is 9.02. The van der Waals surface area contributed by atoms with E-state index in [-0.39, 0.29) is 30.5 Å². The number of likely N-dealkylation sites (N-methyl/N-ethyl adjacent to an activating group) is 1. The predicted octanol–water partition coefficient (Wildman–Crippen LogP) is 1.84. The molecular weight excluding hydrogens is 436 g/mol. The Bertz CT molecular complexity index is 1140. The van der Waals surface area contributed by atoms with Crippen LogP contribution in [0.1, 0.15) is 58.1 Å². The van der Waals surface area contributed by atoms with E-state index in [1.165, 1.54) is 5.56 Å². The topological polar surface area (TPSA) is 83.9 Å². The summed E-state index contributed by atoms with van der Waals surface area (Å²) in [7, 11) is 2.12. The maximum atomic E-state index is 12.6. The van der Waals surface area contributed by atoms with Crippen LogP contribution in [0.25, 0.3) is 0 Å². The Labute approximate surface area is 199 Å². The zero-order valence-corrected chi connectivity index (χ0v) is 20.5. The molecule has 2 aliphatic carbocycles. The first-order valence-corrected chi connectivity index (χ1v) is 12.7. The summed E-state index contributed by atoms with van der Waals surface area (Å²) in [6, 6.07) is 3.76. The smallest absolute Gasteiger partial charge is 0.165 e. The number of likely N-dealkylation sites (tertiary alicyclic amines) is 1. The van der Waals surface area contributed by atoms with Gasteiger partial charge in [-0.05, 0) is 78.6 Å². The summed E-state index contributed by atoms with van der Waals surface area (Å²) in [6.45, 7) is 9.19. The van der Waals surface area contributed by atoms with Crippen LogP contribution in [0.15, 0.2) is 12.1 Å². The second kappa shape index (κ2) is 5.61. The molecule has 8 nitrogen and oxygen atoms in total. The average Bonchev–Trinajstić information content (AvgIpc) is 3.43. The maximum absolute atomic E-state index is 12.6. The highest BCUT2D eigenvalue weighted by atomic mass is 16.7. The van der Waals surface area contributed by atoms with Crippen molar-refractivity contribution in [1.82, 2.24) is 9.80 Å². The van der Waals surface area contributed by atoms with Crippen molar-refractivity contribution in [2.75, 3.05) is 13.6 Å². The number of phenolic OH excluding ortho intramolecular Hbond substituents is 1. The van der Waals surface area contributed by atoms with Crippen molar-refractivity contribution in [3.8, 4) is 11.5 Å². The van der Waals surface area contributed by atoms with Crippen molar-refractivity contribution in [3.05, 3.63) is 23.3 Å². The molecule has 8 heteroatoms. The highest BCUT2D eigenvalue weighted by Crippen LogP contribution is 2.70. The van der Waals surface area contributed by atoms with Crippen molar-refractivity contribution in [2.45, 2.75) is 112 Å². The van der Waals surface area contributed by atoms with Crippen molar-refractivity contribution < 1.29 is 29.2 Å². The molecule has 0 radical (unpaired) electrons. The largest absolute Gasteiger partial charge is 0.504 e. The first-order valence-electron chi connectivity index (χ1n) is 12.7. The average molecular weight is 471 g/mol. The molecule has 0 unspecified atom stereocenters. The van der Waals surface area contributed by atoms with Gasteiger partial charge in [-0.15, -0.1) is 0 Å². The number of rotatable bonds is 0. The van der Waals surface area contributed by atoms with Gasteiger partial charge in [0.1, 0.15) is 41.6 Å². The van der Waals surface area contributed by atoms with Gasteiger partial charge in [0.05, 0.1) is 11.0 Å². The third kappa shape index (κ3) is 1.90. The zero-order chi connectivity index (χ0) is 23.6. The van der Waals surface area contributed by atoms with Gasteiger partial charge in [-0.2, -0.15) is 0 Å². The van der Waals surface area contributed by atoms with Gasteiger partial charge in [-0.3, -0.25) is 0 Å². The van der Waals surface area contributed by atoms with E-state index < -0.39 is 33.9 Å². The van der Waals surface area contributed by atoms with Crippen molar-refractivity contribution in [3.63, 3.8) is 0 Å². The van der Waals surface area contributed by atoms with Gasteiger partial charge in [0.2, 0.25) is 0 Å². The molecule has 34 heavy (non-hydrogen) atoms. The number of piperidine rings is 1. The van der Waals surface area contributed by atoms with Crippen LogP contribution in [-0.2, 0) is 26.0 Å². The molecule has 1 saturated carbocycles. The van der Waals surface area contributed by atoms with Crippen LogP contribution in [0, 0.1) is 0 Å². The van der Waals surface area contributed by atoms with Gasteiger partial charge < -0.3 is 34.1 Å². The van der Waals surface area contributed by atoms with Gasteiger partial charge in [-0.25, -0.2) is 4.90 Å². The van der Waals surface area contributed by atoms with Crippen LogP contribution in [-0.4, -0.2) is 86.8 Å². The van der Waals surface area contributed by atoms with Gasteiger partial charge in [-0.1, -0.05) is 6.07 Å². The third-order valence-electron chi connectivity index (χ3n) is 10.4. The Morgan fingerprint density at radius 3 is 2.41 bits per heavy atom. The standard InChI is InChI=1S/C26H34N2O6/c1-22(2)19-28-20(23(3,4)32-19)34-25(21(28)33-22)8-9-26(30)15-12-13-6-7-14(29)17-16(13)24(26,18(25)31-17)10-11-27(15)5/h6-7,15,18-21,29-30H,8-12H2,1-5H3/t15-,18-,19+,20+,21+,24+,25+,26-/m0/s1. The van der Waals surface area contributed by atoms with Gasteiger partial charge >= 0.3 is 0 Å². The number of hydrogen-bond acceptors (Lipinski definition) is 8. The minimum atomic E-state index is -0.960. The zero-order valence-electron chi connectivity index (χ0n) is 20.5. The second-order valence-electron chi connectivity index (χ2n) is 12.8. The van der Waals surface area contributed by atoms with Crippen LogP contribution in [0.2, 0.25) is 0 Å². The van der Waals surface area contributed by atoms with E-state index in [4.69, 9.17) is 18.9 Å². The predicted molar refractivity (Wildman–Crippen MR) is 120 cm³/mol. The summed E-state index contributed by atoms with van der Waals surface area (Å²) in [6.07, 6.45) is 1.45. The lowest BCUT2D eigenvalue weighted by molar-refractivity contribution is -0.265. The van der Waals surface area contributed by atoms with E-state index in [2.05, 4.69) is 44.5 Å². The van der Waals surface area contributed by atoms with E-state index in [1.807, 2.05) is 6.07 Å². The molecule has 0 aromatic heterocycles. The summed E-state index contributed by atoms with van der Waals surface area (Å²) in [5, 5.41) is 23.5. The van der Waals surface area contributed by atoms with Crippen LogP contribution in [0.4, 0.5) is 0 Å². The number of phenols is 1. The van der Waals surface area contributed by atoms with E-state index >= 15 is 0 Å². The summed E-state index contributed by atoms with van der Waals surface area (Å²) in [5.41, 5.74) is -1.22. The number of fused-ring (bicyclic) bond motifs is 2. The molecule has 4 saturated heterocycles. The third-order valence-corrected chi connectivity index (χ3v) is 10.4. The van der Waals surface area contributed by atoms with Crippen LogP contribution < -0.4 is 4.74 Å². The molecule has 2 N–H and O–H groups in total. The van der Waals surface area contributed by atoms with Gasteiger partial charge in [0.25, 0.3) is 0 Å². The van der Waals surface area contributed by atoms with Gasteiger partial charge in [0.15, 0.2) is 11.5 Å². The molecule has 8 atom stereocenters. The molecule has 8 rings (SSSR count). The molecule has 5 aliphatic heterocycles. The van der Waals surface area contributed by atoms with Crippen molar-refractivity contribution in [1.29, 1.82) is 0 Å². The molecule has 2 spiro atoms. The highest BCUT2D eigenvalue weighted by Gasteiger charge is 2.82. The minimum Gasteiger partial charge on any atom is -0.504 e. The molecule has 1 aromatic carbocycles. The van der Waals surface area contributed by atoms with Crippen molar-refractivity contribution in [2.24, 2.45) is 0 Å². The van der Waals surface area contributed by atoms with Crippen LogP contribution in [0.5, 0.6) is 11.5 Å². The minimum absolute atomic E-state index is 0.00219. The summed E-state index contributed by atoms with van der Waals surface area (Å²) in [5.74, 6) is 0.676. The lowest BCUT2D eigenvalue weighted by Crippen LogP contribution is -2.80. The molecule has 5 fully saturated rings. The molecule has 7 aliphatic rings. The van der Waals surface area contributed by atoms with Crippen LogP contribution in [0.3, 0.4) is 0 Å². The van der Waals surface area contributed by atoms with E-state index in [9.17, 15) is 10.2 Å². The fourth-order valence-electron chi connectivity index (χ4n) is 9.02. The summed E-state index contributed by atoms with van der Waals surface area (Å²) >= 11 is 0. The lowest BCUT2D eigenvalue weighted by Gasteiger charge is -2.65. The number of hydrogen-bond donors (Lipinski definition) is 2. The molecule has 184 valence electrons. The number of ether oxygens (including phenoxy) is 4. The van der Waals surface area contributed by atoms with E-state index in [0.717, 1.165) is 24.9 Å². The Morgan fingerprint density at radius 1 is 0.941 bits per heavy atom. The first-order chi connectivity index (χ1) is 16.0. The van der Waals surface area contributed by atoms with E-state index in [1.54, 1.807) is 6.07 Å². The monoisotopic (exact) mass is 470 g/mol. The fraction of sp³-hybridized carbons (Fsp3) is 0.769. The van der Waals surface area contributed by atoms with Gasteiger partial charge in [0, 0.05) is 11.6 Å². The quantitative estimate of drug-likeness (QED) is 0.595. The Kier molecular flexibility index (Phi) is 3.42. The first kappa shape index (κ1) is 20.7. The second-order valence-corrected chi connectivity index (χ2v) is 12.8. The summed E-state index contributed by atoms with van der Waals surface area (Å²) < 4.78 is 27.1. The maximum Gasteiger partial charge on any atom is 0.165 e. The normalized spacial score (nSPS) is 50.9. The molecule has 0 amide bonds. The van der Waals surface area contributed by atoms with Crippen LogP contribution >= 0.6 is 0 Å². The number of nitrogens with zero attached hydrogens (tertiary/aromatic N) is 2. The lowest BCUT2D eigenvalue weighted by atomic mass is 9.46. The summed E-state index contributed by atoms with van der Waals surface area (Å²) in [4.78, 5) is 4.58. The molecule has 5 heterocycles. The molecule has 2 bridgehead atoms.